The van der Waals surface area contributed by atoms with Crippen LogP contribution < -0.4 is 5.73 Å². The lowest BCUT2D eigenvalue weighted by Gasteiger charge is -2.20. The fraction of sp³-hybridized carbons (Fsp3) is 0.545. The molecule has 1 aromatic heterocycles. The lowest BCUT2D eigenvalue weighted by atomic mass is 10.2. The van der Waals surface area contributed by atoms with E-state index in [4.69, 9.17) is 5.73 Å². The average Bonchev–Trinajstić information content (AvgIpc) is 2.77. The van der Waals surface area contributed by atoms with Gasteiger partial charge in [0.15, 0.2) is 0 Å². The topological polar surface area (TPSA) is 46.3 Å². The first-order valence-electron chi connectivity index (χ1n) is 5.17. The number of carbonyl (C=O) groups is 1. The molecule has 0 aliphatic heterocycles. The third kappa shape index (κ3) is 4.15. The van der Waals surface area contributed by atoms with Gasteiger partial charge in [0.05, 0.1) is 12.6 Å². The first-order valence-corrected chi connectivity index (χ1v) is 7.44. The molecule has 0 spiro atoms. The quantitative estimate of drug-likeness (QED) is 0.846. The minimum Gasteiger partial charge on any atom is -0.339 e. The predicted molar refractivity (Wildman–Crippen MR) is 71.8 cm³/mol. The molecule has 3 nitrogen and oxygen atoms in total. The molecule has 0 aliphatic carbocycles. The molecule has 1 atom stereocenters. The fourth-order valence-electron chi connectivity index (χ4n) is 1.37. The minimum absolute atomic E-state index is 0.0300. The Bertz CT molecular complexity index is 314. The maximum absolute atomic E-state index is 11.9. The Balaban J connectivity index is 2.41. The zero-order valence-electron chi connectivity index (χ0n) is 9.68. The Labute approximate surface area is 105 Å². The number of hydrogen-bond acceptors (Lipinski definition) is 4. The molecule has 0 unspecified atom stereocenters. The Morgan fingerprint density at radius 2 is 2.44 bits per heavy atom. The summed E-state index contributed by atoms with van der Waals surface area (Å²) in [7, 11) is 1.81. The normalized spacial score (nSPS) is 12.4. The van der Waals surface area contributed by atoms with Gasteiger partial charge in [-0.15, -0.1) is 11.3 Å². The van der Waals surface area contributed by atoms with Crippen LogP contribution in [0.1, 0.15) is 11.3 Å². The van der Waals surface area contributed by atoms with Gasteiger partial charge in [-0.2, -0.15) is 11.8 Å². The van der Waals surface area contributed by atoms with Crippen molar-refractivity contribution in [3.8, 4) is 0 Å². The molecule has 1 amide bonds. The number of carbonyl (C=O) groups excluding carboxylic acids is 1. The minimum atomic E-state index is -0.364. The van der Waals surface area contributed by atoms with E-state index in [1.165, 1.54) is 4.88 Å². The molecule has 1 heterocycles. The molecule has 2 N–H and O–H groups in total. The third-order valence-corrected chi connectivity index (χ3v) is 3.80. The summed E-state index contributed by atoms with van der Waals surface area (Å²) in [6, 6.07) is 3.66. The molecule has 5 heteroatoms. The zero-order chi connectivity index (χ0) is 12.0. The third-order valence-electron chi connectivity index (χ3n) is 2.30. The first kappa shape index (κ1) is 13.5. The van der Waals surface area contributed by atoms with E-state index in [9.17, 15) is 4.79 Å². The molecule has 90 valence electrons. The summed E-state index contributed by atoms with van der Waals surface area (Å²) >= 11 is 3.38. The lowest BCUT2D eigenvalue weighted by molar-refractivity contribution is -0.131. The van der Waals surface area contributed by atoms with Crippen molar-refractivity contribution < 1.29 is 4.79 Å². The predicted octanol–water partition coefficient (Wildman–Crippen LogP) is 1.79. The van der Waals surface area contributed by atoms with Crippen LogP contribution in [0.15, 0.2) is 17.5 Å². The monoisotopic (exact) mass is 258 g/mol. The number of amides is 1. The highest BCUT2D eigenvalue weighted by atomic mass is 32.2. The molecule has 0 aromatic carbocycles. The molecule has 0 radical (unpaired) electrons. The Morgan fingerprint density at radius 1 is 1.69 bits per heavy atom. The van der Waals surface area contributed by atoms with Crippen LogP contribution in [0.2, 0.25) is 0 Å². The van der Waals surface area contributed by atoms with Crippen molar-refractivity contribution in [1.29, 1.82) is 0 Å². The van der Waals surface area contributed by atoms with Gasteiger partial charge in [0.25, 0.3) is 0 Å². The molecule has 0 saturated carbocycles. The van der Waals surface area contributed by atoms with Crippen molar-refractivity contribution >= 4 is 29.0 Å². The van der Waals surface area contributed by atoms with Gasteiger partial charge in [-0.05, 0) is 29.9 Å². The summed E-state index contributed by atoms with van der Waals surface area (Å²) in [6.45, 7) is 0.656. The molecular formula is C11H18N2OS2. The van der Waals surface area contributed by atoms with Crippen LogP contribution in [0.25, 0.3) is 0 Å². The summed E-state index contributed by atoms with van der Waals surface area (Å²) in [5, 5.41) is 2.02. The largest absolute Gasteiger partial charge is 0.339 e. The number of likely N-dealkylation sites (N-methyl/N-ethyl adjacent to an activating group) is 1. The van der Waals surface area contributed by atoms with Gasteiger partial charge >= 0.3 is 0 Å². The molecular weight excluding hydrogens is 240 g/mol. The van der Waals surface area contributed by atoms with Gasteiger partial charge in [-0.25, -0.2) is 0 Å². The van der Waals surface area contributed by atoms with Crippen molar-refractivity contribution in [2.75, 3.05) is 19.1 Å². The van der Waals surface area contributed by atoms with Crippen LogP contribution in [0.4, 0.5) is 0 Å². The van der Waals surface area contributed by atoms with Gasteiger partial charge in [0.1, 0.15) is 0 Å². The number of nitrogens with two attached hydrogens (primary N) is 1. The first-order chi connectivity index (χ1) is 7.65. The molecule has 16 heavy (non-hydrogen) atoms. The van der Waals surface area contributed by atoms with Gasteiger partial charge in [-0.1, -0.05) is 6.07 Å². The lowest BCUT2D eigenvalue weighted by Crippen LogP contribution is -2.41. The molecule has 0 fully saturated rings. The number of thioether (sulfide) groups is 1. The van der Waals surface area contributed by atoms with E-state index in [-0.39, 0.29) is 11.9 Å². The van der Waals surface area contributed by atoms with E-state index in [2.05, 4.69) is 0 Å². The SMILES string of the molecule is CSCC[C@@H](N)C(=O)N(C)Cc1cccs1. The Morgan fingerprint density at radius 3 is 3.00 bits per heavy atom. The van der Waals surface area contributed by atoms with Crippen molar-refractivity contribution in [2.24, 2.45) is 5.73 Å². The van der Waals surface area contributed by atoms with E-state index >= 15 is 0 Å². The van der Waals surface area contributed by atoms with E-state index in [1.54, 1.807) is 35.0 Å². The van der Waals surface area contributed by atoms with Gasteiger partial charge in [0.2, 0.25) is 5.91 Å². The molecule has 1 rings (SSSR count). The highest BCUT2D eigenvalue weighted by molar-refractivity contribution is 7.98. The van der Waals surface area contributed by atoms with Crippen molar-refractivity contribution in [3.63, 3.8) is 0 Å². The number of nitrogens with zero attached hydrogens (tertiary/aromatic N) is 1. The molecule has 0 aliphatic rings. The molecule has 0 bridgehead atoms. The van der Waals surface area contributed by atoms with E-state index in [0.29, 0.717) is 6.54 Å². The number of hydrogen-bond donors (Lipinski definition) is 1. The second-order valence-electron chi connectivity index (χ2n) is 3.66. The summed E-state index contributed by atoms with van der Waals surface area (Å²) in [5.74, 6) is 0.960. The van der Waals surface area contributed by atoms with Crippen LogP contribution in [0, 0.1) is 0 Å². The van der Waals surface area contributed by atoms with Gasteiger partial charge in [0, 0.05) is 11.9 Å². The highest BCUT2D eigenvalue weighted by Crippen LogP contribution is 2.11. The summed E-state index contributed by atoms with van der Waals surface area (Å²) in [5.41, 5.74) is 5.83. The fourth-order valence-corrected chi connectivity index (χ4v) is 2.61. The maximum Gasteiger partial charge on any atom is 0.239 e. The summed E-state index contributed by atoms with van der Waals surface area (Å²) in [6.07, 6.45) is 2.77. The van der Waals surface area contributed by atoms with E-state index in [1.807, 2.05) is 23.8 Å². The van der Waals surface area contributed by atoms with Gasteiger partial charge in [-0.3, -0.25) is 4.79 Å². The van der Waals surface area contributed by atoms with Crippen LogP contribution >= 0.6 is 23.1 Å². The maximum atomic E-state index is 11.9. The van der Waals surface area contributed by atoms with Gasteiger partial charge < -0.3 is 10.6 Å². The van der Waals surface area contributed by atoms with Crippen LogP contribution in [0.3, 0.4) is 0 Å². The van der Waals surface area contributed by atoms with E-state index < -0.39 is 0 Å². The van der Waals surface area contributed by atoms with Crippen LogP contribution in [0.5, 0.6) is 0 Å². The summed E-state index contributed by atoms with van der Waals surface area (Å²) < 4.78 is 0. The van der Waals surface area contributed by atoms with Crippen molar-refractivity contribution in [1.82, 2.24) is 4.90 Å². The molecule has 1 aromatic rings. The van der Waals surface area contributed by atoms with E-state index in [0.717, 1.165) is 12.2 Å². The Hall–Kier alpha value is -0.520. The zero-order valence-corrected chi connectivity index (χ0v) is 11.3. The Kier molecular flexibility index (Phi) is 5.87. The smallest absolute Gasteiger partial charge is 0.239 e. The van der Waals surface area contributed by atoms with Crippen molar-refractivity contribution in [2.45, 2.75) is 19.0 Å². The van der Waals surface area contributed by atoms with Crippen molar-refractivity contribution in [3.05, 3.63) is 22.4 Å². The standard InChI is InChI=1S/C11H18N2OS2/c1-13(8-9-4-3-6-16-9)11(14)10(12)5-7-15-2/h3-4,6,10H,5,7-8,12H2,1-2H3/t10-/m1/s1. The second-order valence-corrected chi connectivity index (χ2v) is 5.68. The highest BCUT2D eigenvalue weighted by Gasteiger charge is 2.17. The second kappa shape index (κ2) is 6.93. The summed E-state index contributed by atoms with van der Waals surface area (Å²) in [4.78, 5) is 14.8. The number of thiophene rings is 1. The average molecular weight is 258 g/mol. The van der Waals surface area contributed by atoms with Crippen LogP contribution in [-0.4, -0.2) is 35.9 Å². The number of rotatable bonds is 6. The van der Waals surface area contributed by atoms with Crippen LogP contribution in [-0.2, 0) is 11.3 Å². The molecule has 0 saturated heterocycles.